The van der Waals surface area contributed by atoms with Crippen molar-refractivity contribution in [3.63, 3.8) is 0 Å². The molecule has 3 aromatic rings. The average Bonchev–Trinajstić information content (AvgIpc) is 2.82. The quantitative estimate of drug-likeness (QED) is 0.260. The van der Waals surface area contributed by atoms with Crippen molar-refractivity contribution >= 4 is 47.0 Å². The van der Waals surface area contributed by atoms with Crippen LogP contribution in [0.2, 0.25) is 5.02 Å². The molecule has 12 nitrogen and oxygen atoms in total. The molecule has 0 saturated carbocycles. The molecule has 176 valence electrons. The van der Waals surface area contributed by atoms with Gasteiger partial charge in [0.15, 0.2) is 0 Å². The van der Waals surface area contributed by atoms with Crippen molar-refractivity contribution in [2.45, 2.75) is 0 Å². The molecule has 0 aliphatic carbocycles. The van der Waals surface area contributed by atoms with Crippen LogP contribution in [0.4, 0.5) is 29.2 Å². The molecule has 1 saturated heterocycles. The largest absolute Gasteiger partial charge is 0.507 e. The maximum atomic E-state index is 10.9. The summed E-state index contributed by atoms with van der Waals surface area (Å²) in [6.07, 6.45) is 1.41. The first-order valence-electron chi connectivity index (χ1n) is 10.4. The molecular formula is C21H22ClN9O3. The molecule has 0 atom stereocenters. The Labute approximate surface area is 200 Å². The van der Waals surface area contributed by atoms with Crippen molar-refractivity contribution < 1.29 is 10.0 Å². The number of rotatable bonds is 7. The van der Waals surface area contributed by atoms with Gasteiger partial charge in [-0.25, -0.2) is 5.43 Å². The van der Waals surface area contributed by atoms with Gasteiger partial charge in [0.25, 0.3) is 5.69 Å². The van der Waals surface area contributed by atoms with Crippen LogP contribution in [0.15, 0.2) is 47.6 Å². The lowest BCUT2D eigenvalue weighted by Gasteiger charge is -2.32. The van der Waals surface area contributed by atoms with Gasteiger partial charge in [0.05, 0.1) is 11.1 Å². The maximum Gasteiger partial charge on any atom is 0.269 e. The molecule has 0 spiro atoms. The minimum absolute atomic E-state index is 0.0136. The number of nitro groups is 1. The molecule has 34 heavy (non-hydrogen) atoms. The SMILES string of the molecule is CN1CCN(c2nc(N/N=C\c3cc(Cl)ccc3O)nc(Nc3ccc([N+](=O)[O-])cc3)n2)CC1. The van der Waals surface area contributed by atoms with Crippen molar-refractivity contribution in [2.24, 2.45) is 5.10 Å². The van der Waals surface area contributed by atoms with E-state index in [1.807, 2.05) is 4.90 Å². The summed E-state index contributed by atoms with van der Waals surface area (Å²) >= 11 is 5.97. The minimum Gasteiger partial charge on any atom is -0.507 e. The number of aromatic hydroxyl groups is 1. The van der Waals surface area contributed by atoms with E-state index >= 15 is 0 Å². The molecule has 0 radical (unpaired) electrons. The topological polar surface area (TPSA) is 145 Å². The predicted molar refractivity (Wildman–Crippen MR) is 130 cm³/mol. The molecule has 1 aliphatic heterocycles. The number of piperazine rings is 1. The number of nitrogens with one attached hydrogen (secondary N) is 2. The van der Waals surface area contributed by atoms with Gasteiger partial charge in [0, 0.05) is 54.6 Å². The second kappa shape index (κ2) is 10.3. The number of nitro benzene ring substituents is 1. The van der Waals surface area contributed by atoms with Crippen molar-refractivity contribution in [2.75, 3.05) is 48.9 Å². The number of halogens is 1. The van der Waals surface area contributed by atoms with Crippen molar-refractivity contribution in [3.05, 3.63) is 63.2 Å². The Morgan fingerprint density at radius 1 is 1.09 bits per heavy atom. The lowest BCUT2D eigenvalue weighted by molar-refractivity contribution is -0.384. The number of benzene rings is 2. The highest BCUT2D eigenvalue weighted by molar-refractivity contribution is 6.30. The number of aromatic nitrogens is 3. The molecule has 3 N–H and O–H groups in total. The zero-order valence-corrected chi connectivity index (χ0v) is 19.0. The third kappa shape index (κ3) is 5.85. The normalized spacial score (nSPS) is 14.4. The number of likely N-dealkylation sites (N-methyl/N-ethyl adjacent to an activating group) is 1. The highest BCUT2D eigenvalue weighted by Crippen LogP contribution is 2.22. The zero-order valence-electron chi connectivity index (χ0n) is 18.2. The second-order valence-corrected chi connectivity index (χ2v) is 8.01. The Morgan fingerprint density at radius 2 is 1.79 bits per heavy atom. The average molecular weight is 484 g/mol. The van der Waals surface area contributed by atoms with E-state index in [1.54, 1.807) is 24.3 Å². The van der Waals surface area contributed by atoms with E-state index in [-0.39, 0.29) is 23.3 Å². The summed E-state index contributed by atoms with van der Waals surface area (Å²) in [7, 11) is 2.05. The van der Waals surface area contributed by atoms with Gasteiger partial charge in [0.1, 0.15) is 5.75 Å². The number of phenols is 1. The summed E-state index contributed by atoms with van der Waals surface area (Å²) in [5, 5.41) is 28.5. The number of nitrogens with zero attached hydrogens (tertiary/aromatic N) is 7. The fourth-order valence-electron chi connectivity index (χ4n) is 3.20. The first kappa shape index (κ1) is 23.1. The Balaban J connectivity index is 1.58. The van der Waals surface area contributed by atoms with Crippen molar-refractivity contribution in [3.8, 4) is 5.75 Å². The van der Waals surface area contributed by atoms with Gasteiger partial charge in [-0.3, -0.25) is 10.1 Å². The van der Waals surface area contributed by atoms with Crippen molar-refractivity contribution in [1.82, 2.24) is 19.9 Å². The Kier molecular flexibility index (Phi) is 6.99. The Bertz CT molecular complexity index is 1200. The van der Waals surface area contributed by atoms with Crippen LogP contribution in [0.25, 0.3) is 0 Å². The molecule has 0 amide bonds. The van der Waals surface area contributed by atoms with Crippen LogP contribution in [0.3, 0.4) is 0 Å². The van der Waals surface area contributed by atoms with Gasteiger partial charge in [0.2, 0.25) is 17.8 Å². The lowest BCUT2D eigenvalue weighted by atomic mass is 10.2. The van der Waals surface area contributed by atoms with E-state index in [9.17, 15) is 15.2 Å². The third-order valence-corrected chi connectivity index (χ3v) is 5.34. The molecule has 2 aromatic carbocycles. The number of non-ortho nitro benzene ring substituents is 1. The summed E-state index contributed by atoms with van der Waals surface area (Å²) in [4.78, 5) is 28.0. The predicted octanol–water partition coefficient (Wildman–Crippen LogP) is 3.08. The molecule has 2 heterocycles. The van der Waals surface area contributed by atoms with Crippen molar-refractivity contribution in [1.29, 1.82) is 0 Å². The summed E-state index contributed by atoms with van der Waals surface area (Å²) in [5.41, 5.74) is 3.76. The fourth-order valence-corrected chi connectivity index (χ4v) is 3.38. The molecule has 1 aliphatic rings. The van der Waals surface area contributed by atoms with Crippen LogP contribution in [0.1, 0.15) is 5.56 Å². The number of phenolic OH excluding ortho intramolecular Hbond substituents is 1. The number of anilines is 4. The summed E-state index contributed by atoms with van der Waals surface area (Å²) in [6, 6.07) is 10.6. The minimum atomic E-state index is -0.462. The molecular weight excluding hydrogens is 462 g/mol. The van der Waals surface area contributed by atoms with E-state index < -0.39 is 4.92 Å². The number of hydrazone groups is 1. The van der Waals surface area contributed by atoms with Gasteiger partial charge in [-0.15, -0.1) is 0 Å². The molecule has 1 fully saturated rings. The highest BCUT2D eigenvalue weighted by atomic mass is 35.5. The van der Waals surface area contributed by atoms with Crippen LogP contribution in [-0.4, -0.2) is 69.3 Å². The third-order valence-electron chi connectivity index (χ3n) is 5.10. The number of hydrogen-bond acceptors (Lipinski definition) is 11. The first-order valence-corrected chi connectivity index (χ1v) is 10.7. The van der Waals surface area contributed by atoms with E-state index in [0.717, 1.165) is 26.2 Å². The van der Waals surface area contributed by atoms with E-state index in [0.29, 0.717) is 22.2 Å². The molecule has 0 bridgehead atoms. The van der Waals surface area contributed by atoms with Gasteiger partial charge < -0.3 is 20.2 Å². The van der Waals surface area contributed by atoms with Gasteiger partial charge in [-0.05, 0) is 37.4 Å². The molecule has 4 rings (SSSR count). The summed E-state index contributed by atoms with van der Waals surface area (Å²) < 4.78 is 0. The van der Waals surface area contributed by atoms with Gasteiger partial charge >= 0.3 is 0 Å². The monoisotopic (exact) mass is 483 g/mol. The van der Waals surface area contributed by atoms with Gasteiger partial charge in [-0.1, -0.05) is 11.6 Å². The molecule has 0 unspecified atom stereocenters. The Morgan fingerprint density at radius 3 is 2.50 bits per heavy atom. The lowest BCUT2D eigenvalue weighted by Crippen LogP contribution is -2.45. The first-order chi connectivity index (χ1) is 16.4. The second-order valence-electron chi connectivity index (χ2n) is 7.58. The van der Waals surface area contributed by atoms with E-state index in [1.165, 1.54) is 24.4 Å². The Hall–Kier alpha value is -4.03. The van der Waals surface area contributed by atoms with Crippen LogP contribution in [0, 0.1) is 10.1 Å². The van der Waals surface area contributed by atoms with Crippen LogP contribution in [-0.2, 0) is 0 Å². The number of hydrogen-bond donors (Lipinski definition) is 3. The van der Waals surface area contributed by atoms with Gasteiger partial charge in [-0.2, -0.15) is 20.1 Å². The van der Waals surface area contributed by atoms with E-state index in [4.69, 9.17) is 11.6 Å². The zero-order chi connectivity index (χ0) is 24.1. The van der Waals surface area contributed by atoms with Crippen LogP contribution < -0.4 is 15.6 Å². The molecule has 1 aromatic heterocycles. The maximum absolute atomic E-state index is 10.9. The smallest absolute Gasteiger partial charge is 0.269 e. The highest BCUT2D eigenvalue weighted by Gasteiger charge is 2.19. The van der Waals surface area contributed by atoms with E-state index in [2.05, 4.69) is 42.7 Å². The molecule has 13 heteroatoms. The van der Waals surface area contributed by atoms with Crippen LogP contribution >= 0.6 is 11.6 Å². The summed E-state index contributed by atoms with van der Waals surface area (Å²) in [6.45, 7) is 3.23. The summed E-state index contributed by atoms with van der Waals surface area (Å²) in [5.74, 6) is 0.937. The fraction of sp³-hybridized carbons (Fsp3) is 0.238. The van der Waals surface area contributed by atoms with Crippen LogP contribution in [0.5, 0.6) is 5.75 Å². The standard InChI is InChI=1S/C21H22ClN9O3/c1-29-8-10-30(11-9-29)21-26-19(24-16-3-5-17(6-4-16)31(33)34)25-20(27-21)28-23-13-14-12-15(22)2-7-18(14)32/h2-7,12-13,32H,8-11H2,1H3,(H2,24,25,26,27,28)/b23-13-.